The Kier molecular flexibility index (Phi) is 3.72. The number of benzene rings is 1. The van der Waals surface area contributed by atoms with E-state index >= 15 is 0 Å². The Labute approximate surface area is 125 Å². The first-order chi connectivity index (χ1) is 10.1. The van der Waals surface area contributed by atoms with Crippen molar-refractivity contribution in [3.8, 4) is 0 Å². The fourth-order valence-corrected chi connectivity index (χ4v) is 3.29. The number of fused-ring (bicyclic) bond motifs is 1. The smallest absolute Gasteiger partial charge is 0.268 e. The van der Waals surface area contributed by atoms with Crippen LogP contribution in [-0.4, -0.2) is 30.2 Å². The van der Waals surface area contributed by atoms with Crippen LogP contribution in [0.2, 0.25) is 0 Å². The first-order valence-corrected chi connectivity index (χ1v) is 7.50. The van der Waals surface area contributed by atoms with Crippen LogP contribution in [0.5, 0.6) is 0 Å². The maximum absolute atomic E-state index is 12.6. The average Bonchev–Trinajstić information content (AvgIpc) is 3.05. The first-order valence-electron chi connectivity index (χ1n) is 7.50. The molecule has 1 aliphatic rings. The molecule has 1 aliphatic heterocycles. The predicted molar refractivity (Wildman–Crippen MR) is 83.7 cm³/mol. The summed E-state index contributed by atoms with van der Waals surface area (Å²) in [6, 6.07) is 6.21. The minimum Gasteiger partial charge on any atom is -0.381 e. The van der Waals surface area contributed by atoms with Gasteiger partial charge in [0.15, 0.2) is 0 Å². The van der Waals surface area contributed by atoms with Gasteiger partial charge in [-0.15, -0.1) is 0 Å². The van der Waals surface area contributed by atoms with Gasteiger partial charge in [0.2, 0.25) is 0 Å². The molecule has 0 spiro atoms. The van der Waals surface area contributed by atoms with E-state index in [4.69, 9.17) is 4.74 Å². The Hall–Kier alpha value is -1.81. The van der Waals surface area contributed by atoms with Gasteiger partial charge in [-0.2, -0.15) is 0 Å². The fourth-order valence-electron chi connectivity index (χ4n) is 3.29. The molecule has 0 saturated carbocycles. The number of amides is 1. The van der Waals surface area contributed by atoms with Gasteiger partial charge < -0.3 is 14.6 Å². The topological polar surface area (TPSA) is 43.3 Å². The molecule has 4 nitrogen and oxygen atoms in total. The Bertz CT molecular complexity index is 682. The van der Waals surface area contributed by atoms with E-state index < -0.39 is 0 Å². The molecule has 0 radical (unpaired) electrons. The number of ether oxygens (including phenoxy) is 1. The predicted octanol–water partition coefficient (Wildman–Crippen LogP) is 2.56. The molecule has 1 saturated heterocycles. The van der Waals surface area contributed by atoms with E-state index in [1.54, 1.807) is 0 Å². The second-order valence-electron chi connectivity index (χ2n) is 5.94. The number of rotatable bonds is 3. The number of nitrogens with one attached hydrogen (secondary N) is 1. The Balaban J connectivity index is 1.89. The minimum absolute atomic E-state index is 0.0116. The zero-order chi connectivity index (χ0) is 15.0. The minimum atomic E-state index is 0.0116. The zero-order valence-corrected chi connectivity index (χ0v) is 12.9. The molecular weight excluding hydrogens is 264 g/mol. The number of carbonyl (C=O) groups is 1. The van der Waals surface area contributed by atoms with Crippen molar-refractivity contribution >= 4 is 16.8 Å². The standard InChI is InChI=1S/C17H22N2O2/c1-11-5-4-6-14-12(2)16(19(3)15(11)14)17(20)18-9-13-7-8-21-10-13/h4-6,13H,7-10H2,1-3H3,(H,18,20)/t13-/m0/s1. The molecule has 1 N–H and O–H groups in total. The van der Waals surface area contributed by atoms with Crippen molar-refractivity contribution in [3.63, 3.8) is 0 Å². The number of para-hydroxylation sites is 1. The highest BCUT2D eigenvalue weighted by Crippen LogP contribution is 2.27. The molecule has 2 aromatic rings. The van der Waals surface area contributed by atoms with Crippen molar-refractivity contribution in [1.82, 2.24) is 9.88 Å². The van der Waals surface area contributed by atoms with Gasteiger partial charge in [0.05, 0.1) is 12.1 Å². The highest BCUT2D eigenvalue weighted by atomic mass is 16.5. The summed E-state index contributed by atoms with van der Waals surface area (Å²) in [4.78, 5) is 12.6. The van der Waals surface area contributed by atoms with Gasteiger partial charge in [0.1, 0.15) is 5.69 Å². The van der Waals surface area contributed by atoms with Gasteiger partial charge >= 0.3 is 0 Å². The van der Waals surface area contributed by atoms with Gasteiger partial charge in [0.25, 0.3) is 5.91 Å². The summed E-state index contributed by atoms with van der Waals surface area (Å²) >= 11 is 0. The van der Waals surface area contributed by atoms with Crippen LogP contribution in [0.1, 0.15) is 28.0 Å². The second kappa shape index (κ2) is 5.53. The molecule has 1 amide bonds. The summed E-state index contributed by atoms with van der Waals surface area (Å²) < 4.78 is 7.36. The lowest BCUT2D eigenvalue weighted by atomic mass is 10.1. The van der Waals surface area contributed by atoms with Crippen LogP contribution in [0.3, 0.4) is 0 Å². The lowest BCUT2D eigenvalue weighted by Crippen LogP contribution is -2.31. The number of aryl methyl sites for hydroxylation is 3. The third-order valence-corrected chi connectivity index (χ3v) is 4.46. The van der Waals surface area contributed by atoms with Crippen LogP contribution in [0, 0.1) is 19.8 Å². The lowest BCUT2D eigenvalue weighted by Gasteiger charge is -2.11. The van der Waals surface area contributed by atoms with Crippen LogP contribution < -0.4 is 5.32 Å². The largest absolute Gasteiger partial charge is 0.381 e. The van der Waals surface area contributed by atoms with E-state index in [9.17, 15) is 4.79 Å². The molecule has 4 heteroatoms. The van der Waals surface area contributed by atoms with Crippen LogP contribution in [-0.2, 0) is 11.8 Å². The van der Waals surface area contributed by atoms with Crippen LogP contribution in [0.4, 0.5) is 0 Å². The lowest BCUT2D eigenvalue weighted by molar-refractivity contribution is 0.0936. The highest BCUT2D eigenvalue weighted by Gasteiger charge is 2.21. The number of hydrogen-bond donors (Lipinski definition) is 1. The molecule has 1 aromatic heterocycles. The van der Waals surface area contributed by atoms with Gasteiger partial charge in [-0.25, -0.2) is 0 Å². The second-order valence-corrected chi connectivity index (χ2v) is 5.94. The van der Waals surface area contributed by atoms with Crippen LogP contribution in [0.25, 0.3) is 10.9 Å². The van der Waals surface area contributed by atoms with E-state index in [1.807, 2.05) is 24.6 Å². The van der Waals surface area contributed by atoms with Crippen molar-refractivity contribution in [2.24, 2.45) is 13.0 Å². The summed E-state index contributed by atoms with van der Waals surface area (Å²) in [5, 5.41) is 4.22. The van der Waals surface area contributed by atoms with Gasteiger partial charge in [-0.3, -0.25) is 4.79 Å². The van der Waals surface area contributed by atoms with Gasteiger partial charge in [-0.05, 0) is 31.4 Å². The molecule has 1 fully saturated rings. The quantitative estimate of drug-likeness (QED) is 0.942. The molecule has 2 heterocycles. The highest BCUT2D eigenvalue weighted by molar-refractivity contribution is 6.02. The van der Waals surface area contributed by atoms with Gasteiger partial charge in [0, 0.05) is 31.5 Å². The average molecular weight is 286 g/mol. The van der Waals surface area contributed by atoms with Gasteiger partial charge in [-0.1, -0.05) is 18.2 Å². The van der Waals surface area contributed by atoms with E-state index in [-0.39, 0.29) is 5.91 Å². The molecular formula is C17H22N2O2. The number of carbonyl (C=O) groups excluding carboxylic acids is 1. The van der Waals surface area contributed by atoms with Crippen LogP contribution >= 0.6 is 0 Å². The first kappa shape index (κ1) is 14.1. The number of nitrogens with zero attached hydrogens (tertiary/aromatic N) is 1. The van der Waals surface area contributed by atoms with Crippen molar-refractivity contribution in [1.29, 1.82) is 0 Å². The maximum Gasteiger partial charge on any atom is 0.268 e. The number of aromatic nitrogens is 1. The summed E-state index contributed by atoms with van der Waals surface area (Å²) in [5.74, 6) is 0.461. The molecule has 1 atom stereocenters. The monoisotopic (exact) mass is 286 g/mol. The molecule has 0 bridgehead atoms. The Morgan fingerprint density at radius 1 is 1.43 bits per heavy atom. The van der Waals surface area contributed by atoms with Crippen molar-refractivity contribution in [3.05, 3.63) is 35.0 Å². The molecule has 0 unspecified atom stereocenters. The summed E-state index contributed by atoms with van der Waals surface area (Å²) in [6.45, 7) is 6.37. The Morgan fingerprint density at radius 3 is 2.90 bits per heavy atom. The van der Waals surface area contributed by atoms with Crippen LogP contribution in [0.15, 0.2) is 18.2 Å². The maximum atomic E-state index is 12.6. The van der Waals surface area contributed by atoms with E-state index in [1.165, 1.54) is 5.56 Å². The van der Waals surface area contributed by atoms with E-state index in [0.717, 1.165) is 41.8 Å². The van der Waals surface area contributed by atoms with E-state index in [2.05, 4.69) is 24.4 Å². The molecule has 0 aliphatic carbocycles. The summed E-state index contributed by atoms with van der Waals surface area (Å²) in [7, 11) is 1.97. The molecule has 3 rings (SSSR count). The van der Waals surface area contributed by atoms with Crippen molar-refractivity contribution < 1.29 is 9.53 Å². The summed E-state index contributed by atoms with van der Waals surface area (Å²) in [6.07, 6.45) is 1.04. The zero-order valence-electron chi connectivity index (χ0n) is 12.9. The Morgan fingerprint density at radius 2 is 2.24 bits per heavy atom. The SMILES string of the molecule is Cc1c(C(=O)NC[C@@H]2CCOC2)n(C)c2c(C)cccc12. The fraction of sp³-hybridized carbons (Fsp3) is 0.471. The third kappa shape index (κ3) is 2.44. The van der Waals surface area contributed by atoms with Crippen molar-refractivity contribution in [2.75, 3.05) is 19.8 Å². The van der Waals surface area contributed by atoms with E-state index in [0.29, 0.717) is 12.5 Å². The molecule has 1 aromatic carbocycles. The third-order valence-electron chi connectivity index (χ3n) is 4.46. The molecule has 112 valence electrons. The number of hydrogen-bond acceptors (Lipinski definition) is 2. The normalized spacial score (nSPS) is 18.3. The summed E-state index contributed by atoms with van der Waals surface area (Å²) in [5.41, 5.74) is 4.15. The molecule has 21 heavy (non-hydrogen) atoms. The van der Waals surface area contributed by atoms with Crippen molar-refractivity contribution in [2.45, 2.75) is 20.3 Å².